The molecule has 0 spiro atoms. The molecule has 136 valence electrons. The van der Waals surface area contributed by atoms with Crippen LogP contribution in [0.2, 0.25) is 5.15 Å². The third-order valence-electron chi connectivity index (χ3n) is 4.57. The van der Waals surface area contributed by atoms with Gasteiger partial charge in [0.1, 0.15) is 17.1 Å². The van der Waals surface area contributed by atoms with Crippen molar-refractivity contribution in [3.8, 4) is 0 Å². The number of rotatable bonds is 3. The van der Waals surface area contributed by atoms with Gasteiger partial charge in [0, 0.05) is 18.1 Å². The van der Waals surface area contributed by atoms with E-state index in [9.17, 15) is 9.59 Å². The van der Waals surface area contributed by atoms with Gasteiger partial charge in [0.2, 0.25) is 0 Å². The maximum absolute atomic E-state index is 12.0. The number of aromatic nitrogens is 2. The minimum Gasteiger partial charge on any atom is -0.444 e. The van der Waals surface area contributed by atoms with Crippen molar-refractivity contribution in [2.75, 3.05) is 4.90 Å². The number of fused-ring (bicyclic) bond motifs is 2. The van der Waals surface area contributed by atoms with Crippen molar-refractivity contribution in [2.24, 2.45) is 0 Å². The van der Waals surface area contributed by atoms with E-state index < -0.39 is 5.60 Å². The van der Waals surface area contributed by atoms with Crippen LogP contribution in [0.15, 0.2) is 6.20 Å². The highest BCUT2D eigenvalue weighted by Gasteiger charge is 2.42. The molecule has 1 N–H and O–H groups in total. The summed E-state index contributed by atoms with van der Waals surface area (Å²) in [7, 11) is 0. The first-order valence-corrected chi connectivity index (χ1v) is 8.90. The highest BCUT2D eigenvalue weighted by molar-refractivity contribution is 6.31. The van der Waals surface area contributed by atoms with Gasteiger partial charge in [-0.2, -0.15) is 0 Å². The van der Waals surface area contributed by atoms with E-state index in [1.165, 1.54) is 0 Å². The molecule has 2 bridgehead atoms. The molecule has 1 aromatic rings. The van der Waals surface area contributed by atoms with Gasteiger partial charge < -0.3 is 15.0 Å². The maximum Gasteiger partial charge on any atom is 0.407 e. The first-order chi connectivity index (χ1) is 11.8. The molecular formula is C17H23ClN4O3. The van der Waals surface area contributed by atoms with Crippen LogP contribution < -0.4 is 10.2 Å². The molecule has 0 unspecified atom stereocenters. The molecule has 2 aliphatic rings. The van der Waals surface area contributed by atoms with Crippen LogP contribution in [0.25, 0.3) is 0 Å². The summed E-state index contributed by atoms with van der Waals surface area (Å²) in [6, 6.07) is 0.624. The molecule has 3 rings (SSSR count). The number of aldehydes is 1. The van der Waals surface area contributed by atoms with E-state index in [2.05, 4.69) is 20.2 Å². The van der Waals surface area contributed by atoms with Crippen molar-refractivity contribution >= 4 is 29.8 Å². The molecule has 1 amide bonds. The topological polar surface area (TPSA) is 84.4 Å². The number of ether oxygens (including phenoxy) is 1. The van der Waals surface area contributed by atoms with Gasteiger partial charge in [-0.05, 0) is 46.5 Å². The van der Waals surface area contributed by atoms with E-state index in [-0.39, 0.29) is 35.1 Å². The molecular weight excluding hydrogens is 344 g/mol. The SMILES string of the molecule is CC(C)(C)OC(=O)N[C@@H]1C[C@H]2CC[C@@H](C1)N2c1cnc(C=O)c(Cl)n1. The van der Waals surface area contributed by atoms with Crippen molar-refractivity contribution in [1.29, 1.82) is 0 Å². The molecule has 1 aromatic heterocycles. The molecule has 0 aromatic carbocycles. The number of carbonyl (C=O) groups is 2. The number of hydrogen-bond donors (Lipinski definition) is 1. The molecule has 8 heteroatoms. The summed E-state index contributed by atoms with van der Waals surface area (Å²) in [5, 5.41) is 3.11. The molecule has 25 heavy (non-hydrogen) atoms. The Morgan fingerprint density at radius 3 is 2.52 bits per heavy atom. The lowest BCUT2D eigenvalue weighted by molar-refractivity contribution is 0.0492. The Morgan fingerprint density at radius 1 is 1.36 bits per heavy atom. The lowest BCUT2D eigenvalue weighted by atomic mass is 9.97. The first kappa shape index (κ1) is 17.9. The van der Waals surface area contributed by atoms with E-state index in [0.717, 1.165) is 25.7 Å². The van der Waals surface area contributed by atoms with Crippen LogP contribution in [0.5, 0.6) is 0 Å². The largest absolute Gasteiger partial charge is 0.444 e. The van der Waals surface area contributed by atoms with Crippen LogP contribution in [-0.2, 0) is 4.74 Å². The molecule has 0 aliphatic carbocycles. The Kier molecular flexibility index (Phi) is 4.86. The number of nitrogens with zero attached hydrogens (tertiary/aromatic N) is 3. The summed E-state index contributed by atoms with van der Waals surface area (Å²) in [4.78, 5) is 33.5. The molecule has 2 aliphatic heterocycles. The summed E-state index contributed by atoms with van der Waals surface area (Å²) >= 11 is 6.02. The number of piperidine rings is 1. The van der Waals surface area contributed by atoms with E-state index in [0.29, 0.717) is 12.1 Å². The average molecular weight is 367 g/mol. The first-order valence-electron chi connectivity index (χ1n) is 8.52. The van der Waals surface area contributed by atoms with Crippen molar-refractivity contribution in [2.45, 2.75) is 70.2 Å². The minimum atomic E-state index is -0.504. The third-order valence-corrected chi connectivity index (χ3v) is 4.85. The van der Waals surface area contributed by atoms with Crippen molar-refractivity contribution in [3.05, 3.63) is 17.0 Å². The van der Waals surface area contributed by atoms with Crippen molar-refractivity contribution in [1.82, 2.24) is 15.3 Å². The Morgan fingerprint density at radius 2 is 2.00 bits per heavy atom. The number of carbonyl (C=O) groups excluding carboxylic acids is 2. The van der Waals surface area contributed by atoms with Gasteiger partial charge in [0.25, 0.3) is 0 Å². The zero-order valence-electron chi connectivity index (χ0n) is 14.7. The van der Waals surface area contributed by atoms with Crippen LogP contribution >= 0.6 is 11.6 Å². The van der Waals surface area contributed by atoms with E-state index in [4.69, 9.17) is 16.3 Å². The lowest BCUT2D eigenvalue weighted by Gasteiger charge is -2.40. The predicted molar refractivity (Wildman–Crippen MR) is 94.1 cm³/mol. The number of nitrogens with one attached hydrogen (secondary N) is 1. The molecule has 2 saturated heterocycles. The van der Waals surface area contributed by atoms with E-state index >= 15 is 0 Å². The quantitative estimate of drug-likeness (QED) is 0.828. The highest BCUT2D eigenvalue weighted by atomic mass is 35.5. The van der Waals surface area contributed by atoms with Crippen molar-refractivity contribution in [3.63, 3.8) is 0 Å². The molecule has 0 saturated carbocycles. The van der Waals surface area contributed by atoms with Gasteiger partial charge in [-0.15, -0.1) is 0 Å². The molecule has 3 heterocycles. The number of hydrogen-bond acceptors (Lipinski definition) is 6. The van der Waals surface area contributed by atoms with Gasteiger partial charge >= 0.3 is 6.09 Å². The van der Waals surface area contributed by atoms with Crippen LogP contribution in [0.1, 0.15) is 56.9 Å². The summed E-state index contributed by atoms with van der Waals surface area (Å²) in [5.74, 6) is 0.693. The van der Waals surface area contributed by atoms with Crippen LogP contribution in [0.4, 0.5) is 10.6 Å². The smallest absolute Gasteiger partial charge is 0.407 e. The fourth-order valence-electron chi connectivity index (χ4n) is 3.71. The van der Waals surface area contributed by atoms with Crippen LogP contribution in [0.3, 0.4) is 0 Å². The average Bonchev–Trinajstić information content (AvgIpc) is 2.76. The zero-order valence-corrected chi connectivity index (χ0v) is 15.4. The second kappa shape index (κ2) is 6.78. The number of anilines is 1. The van der Waals surface area contributed by atoms with Gasteiger partial charge in [0.15, 0.2) is 11.4 Å². The standard InChI is InChI=1S/C17H23ClN4O3/c1-17(2,3)25-16(24)20-10-6-11-4-5-12(7-10)22(11)14-8-19-13(9-23)15(18)21-14/h8-12H,4-7H2,1-3H3,(H,20,24)/t10-,11-,12+. The Hall–Kier alpha value is -1.89. The van der Waals surface area contributed by atoms with Gasteiger partial charge in [-0.25, -0.2) is 14.8 Å². The minimum absolute atomic E-state index is 0.0845. The van der Waals surface area contributed by atoms with Gasteiger partial charge in [-0.3, -0.25) is 4.79 Å². The fraction of sp³-hybridized carbons (Fsp3) is 0.647. The molecule has 0 radical (unpaired) electrons. The Labute approximate surface area is 152 Å². The molecule has 7 nitrogen and oxygen atoms in total. The number of halogens is 1. The zero-order chi connectivity index (χ0) is 18.2. The summed E-state index contributed by atoms with van der Waals surface area (Å²) in [6.45, 7) is 5.55. The molecule has 3 atom stereocenters. The molecule has 2 fully saturated rings. The monoisotopic (exact) mass is 366 g/mol. The van der Waals surface area contributed by atoms with Crippen LogP contribution in [0, 0.1) is 0 Å². The van der Waals surface area contributed by atoms with E-state index in [1.807, 2.05) is 20.8 Å². The Bertz CT molecular complexity index is 662. The van der Waals surface area contributed by atoms with Gasteiger partial charge in [0.05, 0.1) is 6.20 Å². The van der Waals surface area contributed by atoms with Crippen LogP contribution in [-0.4, -0.2) is 46.1 Å². The second-order valence-corrected chi connectivity index (χ2v) is 7.99. The fourth-order valence-corrected chi connectivity index (χ4v) is 3.89. The number of amides is 1. The van der Waals surface area contributed by atoms with Gasteiger partial charge in [-0.1, -0.05) is 11.6 Å². The summed E-state index contributed by atoms with van der Waals surface area (Å²) < 4.78 is 5.35. The lowest BCUT2D eigenvalue weighted by Crippen LogP contribution is -2.51. The second-order valence-electron chi connectivity index (χ2n) is 7.63. The number of alkyl carbamates (subject to hydrolysis) is 1. The Balaban J connectivity index is 1.67. The van der Waals surface area contributed by atoms with Crippen molar-refractivity contribution < 1.29 is 14.3 Å². The third kappa shape index (κ3) is 4.03. The normalized spacial score (nSPS) is 25.6. The predicted octanol–water partition coefficient (Wildman–Crippen LogP) is 2.97. The van der Waals surface area contributed by atoms with E-state index in [1.54, 1.807) is 6.20 Å². The highest BCUT2D eigenvalue weighted by Crippen LogP contribution is 2.38. The maximum atomic E-state index is 12.0. The summed E-state index contributed by atoms with van der Waals surface area (Å²) in [5.41, 5.74) is -0.351. The summed E-state index contributed by atoms with van der Waals surface area (Å²) in [6.07, 6.45) is 5.54.